The molecule has 0 saturated carbocycles. The predicted molar refractivity (Wildman–Crippen MR) is 52.9 cm³/mol. The van der Waals surface area contributed by atoms with Crippen LogP contribution in [0.1, 0.15) is 0 Å². The number of rotatable bonds is 3. The van der Waals surface area contributed by atoms with E-state index in [0.29, 0.717) is 0 Å². The van der Waals surface area contributed by atoms with Gasteiger partial charge in [0.1, 0.15) is 5.75 Å². The smallest absolute Gasteiger partial charge is 0.119 e. The number of ether oxygens (including phenoxy) is 1. The van der Waals surface area contributed by atoms with Gasteiger partial charge < -0.3 is 10.2 Å². The van der Waals surface area contributed by atoms with Crippen LogP contribution < -0.4 is 15.6 Å². The number of nitrogens with one attached hydrogen (secondary N) is 2. The molecule has 0 bridgehead atoms. The lowest BCUT2D eigenvalue weighted by atomic mass is 10.3. The van der Waals surface area contributed by atoms with E-state index in [9.17, 15) is 0 Å². The van der Waals surface area contributed by atoms with Crippen molar-refractivity contribution in [3.8, 4) is 5.75 Å². The van der Waals surface area contributed by atoms with Gasteiger partial charge in [0.2, 0.25) is 0 Å². The zero-order valence-corrected chi connectivity index (χ0v) is 7.94. The van der Waals surface area contributed by atoms with Crippen LogP contribution in [0.25, 0.3) is 0 Å². The van der Waals surface area contributed by atoms with Gasteiger partial charge in [-0.05, 0) is 24.3 Å². The molecule has 68 valence electrons. The second kappa shape index (κ2) is 5.69. The fraction of sp³-hybridized carbons (Fsp3) is 0.250. The van der Waals surface area contributed by atoms with Crippen LogP contribution >= 0.6 is 12.4 Å². The van der Waals surface area contributed by atoms with Crippen LogP contribution in [-0.4, -0.2) is 14.2 Å². The molecular weight excluding hydrogens is 176 g/mol. The standard InChI is InChI=1S/C8H12N2O.ClH/c1-9-10-7-3-5-8(11-2)6-4-7;/h3-6,9-10H,1-2H3;1H. The molecule has 12 heavy (non-hydrogen) atoms. The zero-order valence-electron chi connectivity index (χ0n) is 7.13. The zero-order chi connectivity index (χ0) is 8.10. The quantitative estimate of drug-likeness (QED) is 0.708. The Kier molecular flexibility index (Phi) is 5.25. The lowest BCUT2D eigenvalue weighted by molar-refractivity contribution is 0.415. The van der Waals surface area contributed by atoms with Gasteiger partial charge in [-0.1, -0.05) is 0 Å². The van der Waals surface area contributed by atoms with Crippen molar-refractivity contribution in [2.45, 2.75) is 0 Å². The monoisotopic (exact) mass is 188 g/mol. The molecule has 0 aliphatic carbocycles. The van der Waals surface area contributed by atoms with Crippen LogP contribution in [0.3, 0.4) is 0 Å². The van der Waals surface area contributed by atoms with Crippen LogP contribution in [0, 0.1) is 0 Å². The van der Waals surface area contributed by atoms with Gasteiger partial charge in [0.25, 0.3) is 0 Å². The average Bonchev–Trinajstić information content (AvgIpc) is 2.07. The number of benzene rings is 1. The highest BCUT2D eigenvalue weighted by Gasteiger charge is 1.89. The third-order valence-corrected chi connectivity index (χ3v) is 1.36. The minimum atomic E-state index is 0. The Labute approximate surface area is 78.5 Å². The van der Waals surface area contributed by atoms with Gasteiger partial charge in [0, 0.05) is 12.7 Å². The average molecular weight is 189 g/mol. The predicted octanol–water partition coefficient (Wildman–Crippen LogP) is 1.66. The van der Waals surface area contributed by atoms with E-state index in [1.807, 2.05) is 31.3 Å². The molecule has 0 unspecified atom stereocenters. The number of halogens is 1. The van der Waals surface area contributed by atoms with Crippen molar-refractivity contribution in [3.63, 3.8) is 0 Å². The second-order valence-corrected chi connectivity index (χ2v) is 2.10. The Morgan fingerprint density at radius 3 is 2.17 bits per heavy atom. The summed E-state index contributed by atoms with van der Waals surface area (Å²) >= 11 is 0. The molecule has 1 aromatic carbocycles. The maximum Gasteiger partial charge on any atom is 0.119 e. The summed E-state index contributed by atoms with van der Waals surface area (Å²) in [6, 6.07) is 7.68. The van der Waals surface area contributed by atoms with Crippen molar-refractivity contribution in [2.24, 2.45) is 0 Å². The first kappa shape index (κ1) is 11.1. The number of hydrogen-bond donors (Lipinski definition) is 2. The van der Waals surface area contributed by atoms with Gasteiger partial charge in [-0.15, -0.1) is 12.4 Å². The van der Waals surface area contributed by atoms with Crippen LogP contribution in [0.4, 0.5) is 5.69 Å². The van der Waals surface area contributed by atoms with Crippen LogP contribution in [0.5, 0.6) is 5.75 Å². The number of hydrazine groups is 1. The molecule has 2 N–H and O–H groups in total. The van der Waals surface area contributed by atoms with E-state index in [1.54, 1.807) is 7.11 Å². The molecule has 1 rings (SSSR count). The summed E-state index contributed by atoms with van der Waals surface area (Å²) in [6.07, 6.45) is 0. The van der Waals surface area contributed by atoms with Crippen molar-refractivity contribution < 1.29 is 4.74 Å². The Balaban J connectivity index is 0.00000121. The van der Waals surface area contributed by atoms with Crippen LogP contribution in [-0.2, 0) is 0 Å². The minimum absolute atomic E-state index is 0. The fourth-order valence-corrected chi connectivity index (χ4v) is 0.819. The van der Waals surface area contributed by atoms with Crippen molar-refractivity contribution >= 4 is 18.1 Å². The third-order valence-electron chi connectivity index (χ3n) is 1.36. The molecule has 0 radical (unpaired) electrons. The molecule has 0 saturated heterocycles. The Hall–Kier alpha value is -0.930. The van der Waals surface area contributed by atoms with Gasteiger partial charge in [-0.3, -0.25) is 0 Å². The summed E-state index contributed by atoms with van der Waals surface area (Å²) in [6.45, 7) is 0. The molecule has 0 aliphatic heterocycles. The normalized spacial score (nSPS) is 8.50. The largest absolute Gasteiger partial charge is 0.497 e. The first-order valence-electron chi connectivity index (χ1n) is 3.43. The first-order chi connectivity index (χ1) is 5.36. The number of methoxy groups -OCH3 is 1. The highest BCUT2D eigenvalue weighted by molar-refractivity contribution is 5.85. The van der Waals surface area contributed by atoms with Gasteiger partial charge in [-0.2, -0.15) is 0 Å². The minimum Gasteiger partial charge on any atom is -0.497 e. The maximum atomic E-state index is 5.00. The van der Waals surface area contributed by atoms with Gasteiger partial charge >= 0.3 is 0 Å². The lowest BCUT2D eigenvalue weighted by Crippen LogP contribution is -2.14. The summed E-state index contributed by atoms with van der Waals surface area (Å²) in [7, 11) is 3.48. The third kappa shape index (κ3) is 2.98. The van der Waals surface area contributed by atoms with Gasteiger partial charge in [0.15, 0.2) is 0 Å². The summed E-state index contributed by atoms with van der Waals surface area (Å²) in [4.78, 5) is 0. The molecule has 0 amide bonds. The Morgan fingerprint density at radius 1 is 1.17 bits per heavy atom. The van der Waals surface area contributed by atoms with Gasteiger partial charge in [-0.25, -0.2) is 5.43 Å². The maximum absolute atomic E-state index is 5.00. The molecule has 0 aromatic heterocycles. The molecule has 1 aromatic rings. The van der Waals surface area contributed by atoms with E-state index >= 15 is 0 Å². The summed E-state index contributed by atoms with van der Waals surface area (Å²) in [5, 5.41) is 0. The molecule has 0 atom stereocenters. The van der Waals surface area contributed by atoms with E-state index in [4.69, 9.17) is 4.74 Å². The Bertz CT molecular complexity index is 213. The van der Waals surface area contributed by atoms with E-state index in [-0.39, 0.29) is 12.4 Å². The van der Waals surface area contributed by atoms with E-state index in [2.05, 4.69) is 10.9 Å². The highest BCUT2D eigenvalue weighted by atomic mass is 35.5. The molecule has 0 heterocycles. The number of hydrogen-bond acceptors (Lipinski definition) is 3. The summed E-state index contributed by atoms with van der Waals surface area (Å²) in [5.74, 6) is 0.867. The van der Waals surface area contributed by atoms with E-state index in [0.717, 1.165) is 11.4 Å². The van der Waals surface area contributed by atoms with E-state index in [1.165, 1.54) is 0 Å². The fourth-order valence-electron chi connectivity index (χ4n) is 0.819. The SMILES string of the molecule is CNNc1ccc(OC)cc1.Cl. The highest BCUT2D eigenvalue weighted by Crippen LogP contribution is 2.13. The van der Waals surface area contributed by atoms with Crippen LogP contribution in [0.2, 0.25) is 0 Å². The topological polar surface area (TPSA) is 33.3 Å². The first-order valence-corrected chi connectivity index (χ1v) is 3.43. The van der Waals surface area contributed by atoms with Crippen molar-refractivity contribution in [1.29, 1.82) is 0 Å². The molecular formula is C8H13ClN2O. The molecule has 0 spiro atoms. The molecule has 0 aliphatic rings. The molecule has 3 nitrogen and oxygen atoms in total. The van der Waals surface area contributed by atoms with E-state index < -0.39 is 0 Å². The second-order valence-electron chi connectivity index (χ2n) is 2.10. The number of anilines is 1. The lowest BCUT2D eigenvalue weighted by Gasteiger charge is -2.04. The van der Waals surface area contributed by atoms with Crippen molar-refractivity contribution in [3.05, 3.63) is 24.3 Å². The van der Waals surface area contributed by atoms with Gasteiger partial charge in [0.05, 0.1) is 7.11 Å². The Morgan fingerprint density at radius 2 is 1.75 bits per heavy atom. The molecule has 0 fully saturated rings. The van der Waals surface area contributed by atoms with Crippen LogP contribution in [0.15, 0.2) is 24.3 Å². The van der Waals surface area contributed by atoms with Crippen molar-refractivity contribution in [1.82, 2.24) is 5.43 Å². The molecule has 4 heteroatoms. The summed E-state index contributed by atoms with van der Waals surface area (Å²) < 4.78 is 5.00. The van der Waals surface area contributed by atoms with Crippen molar-refractivity contribution in [2.75, 3.05) is 19.6 Å². The summed E-state index contributed by atoms with van der Waals surface area (Å²) in [5.41, 5.74) is 6.81.